The van der Waals surface area contributed by atoms with Crippen molar-refractivity contribution in [1.29, 1.82) is 0 Å². The van der Waals surface area contributed by atoms with Gasteiger partial charge in [0.15, 0.2) is 0 Å². The fourth-order valence-electron chi connectivity index (χ4n) is 4.63. The minimum Gasteiger partial charge on any atom is -0.507 e. The zero-order valence-corrected chi connectivity index (χ0v) is 21.7. The van der Waals surface area contributed by atoms with Crippen LogP contribution in [-0.4, -0.2) is 37.1 Å². The molecule has 3 aromatic rings. The Morgan fingerprint density at radius 3 is 2.22 bits per heavy atom. The van der Waals surface area contributed by atoms with Gasteiger partial charge in [0.2, 0.25) is 0 Å². The van der Waals surface area contributed by atoms with E-state index in [2.05, 4.69) is 0 Å². The minimum atomic E-state index is -0.861. The first-order valence-electron chi connectivity index (χ1n) is 12.2. The van der Waals surface area contributed by atoms with Crippen LogP contribution in [0.5, 0.6) is 17.2 Å². The highest BCUT2D eigenvalue weighted by atomic mass is 16.5. The van der Waals surface area contributed by atoms with Gasteiger partial charge in [0.05, 0.1) is 31.9 Å². The summed E-state index contributed by atoms with van der Waals surface area (Å²) in [4.78, 5) is 28.4. The molecule has 0 aromatic heterocycles. The van der Waals surface area contributed by atoms with Gasteiger partial charge in [-0.3, -0.25) is 14.5 Å². The molecule has 1 saturated heterocycles. The van der Waals surface area contributed by atoms with Gasteiger partial charge in [0.1, 0.15) is 23.0 Å². The highest BCUT2D eigenvalue weighted by Crippen LogP contribution is 2.44. The lowest BCUT2D eigenvalue weighted by Crippen LogP contribution is -2.29. The maximum atomic E-state index is 13.5. The van der Waals surface area contributed by atoms with Crippen molar-refractivity contribution in [2.75, 3.05) is 25.2 Å². The number of benzene rings is 3. The van der Waals surface area contributed by atoms with Gasteiger partial charge in [-0.1, -0.05) is 12.1 Å². The van der Waals surface area contributed by atoms with Gasteiger partial charge in [-0.05, 0) is 92.9 Å². The molecule has 0 spiro atoms. The fourth-order valence-corrected chi connectivity index (χ4v) is 4.63. The number of hydrogen-bond acceptors (Lipinski definition) is 6. The quantitative estimate of drug-likeness (QED) is 0.241. The predicted molar refractivity (Wildman–Crippen MR) is 142 cm³/mol. The first-order valence-corrected chi connectivity index (χ1v) is 12.2. The van der Waals surface area contributed by atoms with Gasteiger partial charge in [-0.15, -0.1) is 0 Å². The van der Waals surface area contributed by atoms with E-state index in [-0.39, 0.29) is 11.3 Å². The molecule has 192 valence electrons. The molecule has 7 nitrogen and oxygen atoms in total. The summed E-state index contributed by atoms with van der Waals surface area (Å²) in [5.41, 5.74) is 3.15. The minimum absolute atomic E-state index is 0.0141. The number of carbonyl (C=O) groups is 2. The van der Waals surface area contributed by atoms with E-state index in [1.54, 1.807) is 55.6 Å². The van der Waals surface area contributed by atoms with Crippen LogP contribution in [0.1, 0.15) is 42.1 Å². The number of methoxy groups -OCH3 is 1. The van der Waals surface area contributed by atoms with Crippen molar-refractivity contribution in [3.8, 4) is 17.2 Å². The third-order valence-corrected chi connectivity index (χ3v) is 6.35. The molecule has 4 rings (SSSR count). The van der Waals surface area contributed by atoms with Crippen LogP contribution in [0.15, 0.2) is 66.2 Å². The van der Waals surface area contributed by atoms with Crippen LogP contribution in [0.3, 0.4) is 0 Å². The van der Waals surface area contributed by atoms with Crippen LogP contribution in [0.4, 0.5) is 5.69 Å². The monoisotopic (exact) mass is 501 g/mol. The Bertz CT molecular complexity index is 1360. The number of rotatable bonds is 8. The molecular weight excluding hydrogens is 470 g/mol. The molecule has 1 N–H and O–H groups in total. The van der Waals surface area contributed by atoms with Gasteiger partial charge in [0.25, 0.3) is 11.7 Å². The SMILES string of the molecule is CCOc1ccc(N2C(=O)C(=O)/C(=C(/O)c3cc(C)c(OC)cc3C)C2c2cccc(OCC)c2)cc1. The molecule has 1 heterocycles. The summed E-state index contributed by atoms with van der Waals surface area (Å²) in [7, 11) is 1.58. The van der Waals surface area contributed by atoms with Crippen molar-refractivity contribution in [2.24, 2.45) is 0 Å². The maximum absolute atomic E-state index is 13.5. The molecule has 1 unspecified atom stereocenters. The molecule has 37 heavy (non-hydrogen) atoms. The summed E-state index contributed by atoms with van der Waals surface area (Å²) < 4.78 is 16.6. The molecule has 3 aromatic carbocycles. The Morgan fingerprint density at radius 2 is 1.57 bits per heavy atom. The zero-order valence-electron chi connectivity index (χ0n) is 21.7. The fraction of sp³-hybridized carbons (Fsp3) is 0.267. The lowest BCUT2D eigenvalue weighted by atomic mass is 9.93. The van der Waals surface area contributed by atoms with Crippen LogP contribution in [-0.2, 0) is 9.59 Å². The number of aliphatic hydroxyl groups is 1. The number of Topliss-reactive ketones (excluding diaryl/α,β-unsaturated/α-hetero) is 1. The van der Waals surface area contributed by atoms with E-state index in [1.807, 2.05) is 39.8 Å². The zero-order chi connectivity index (χ0) is 26.7. The van der Waals surface area contributed by atoms with Gasteiger partial charge in [-0.25, -0.2) is 0 Å². The Morgan fingerprint density at radius 1 is 0.892 bits per heavy atom. The molecule has 0 radical (unpaired) electrons. The molecule has 0 bridgehead atoms. The number of aryl methyl sites for hydroxylation is 2. The van der Waals surface area contributed by atoms with Crippen molar-refractivity contribution >= 4 is 23.1 Å². The van der Waals surface area contributed by atoms with E-state index in [0.29, 0.717) is 52.8 Å². The molecule has 1 aliphatic heterocycles. The summed E-state index contributed by atoms with van der Waals surface area (Å²) in [6, 6.07) is 16.9. The average molecular weight is 502 g/mol. The second-order valence-corrected chi connectivity index (χ2v) is 8.74. The summed E-state index contributed by atoms with van der Waals surface area (Å²) >= 11 is 0. The van der Waals surface area contributed by atoms with E-state index in [4.69, 9.17) is 14.2 Å². The Kier molecular flexibility index (Phi) is 7.53. The normalized spacial score (nSPS) is 16.7. The Balaban J connectivity index is 1.93. The Labute approximate surface area is 216 Å². The molecular formula is C30H31NO6. The largest absolute Gasteiger partial charge is 0.507 e. The van der Waals surface area contributed by atoms with Crippen LogP contribution < -0.4 is 19.1 Å². The van der Waals surface area contributed by atoms with Crippen LogP contribution in [0.25, 0.3) is 5.76 Å². The highest BCUT2D eigenvalue weighted by Gasteiger charge is 2.47. The standard InChI is InChI=1S/C30H31NO6/c1-6-36-22-13-11-21(12-14-22)31-27(20-9-8-10-23(17-20)37-7-2)26(29(33)30(31)34)28(32)24-15-19(4)25(35-5)16-18(24)3/h8-17,27,32H,6-7H2,1-5H3/b28-26+. The first-order chi connectivity index (χ1) is 17.8. The maximum Gasteiger partial charge on any atom is 0.300 e. The van der Waals surface area contributed by atoms with E-state index in [9.17, 15) is 14.7 Å². The Hall–Kier alpha value is -4.26. The van der Waals surface area contributed by atoms with Crippen molar-refractivity contribution in [3.63, 3.8) is 0 Å². The molecule has 1 atom stereocenters. The molecule has 7 heteroatoms. The molecule has 0 saturated carbocycles. The number of hydrogen-bond donors (Lipinski definition) is 1. The topological polar surface area (TPSA) is 85.3 Å². The van der Waals surface area contributed by atoms with E-state index >= 15 is 0 Å². The lowest BCUT2D eigenvalue weighted by molar-refractivity contribution is -0.132. The van der Waals surface area contributed by atoms with Gasteiger partial charge in [0, 0.05) is 11.3 Å². The molecule has 1 aliphatic rings. The summed E-state index contributed by atoms with van der Waals surface area (Å²) in [5, 5.41) is 11.5. The summed E-state index contributed by atoms with van der Waals surface area (Å²) in [6.45, 7) is 8.43. The number of nitrogens with zero attached hydrogens (tertiary/aromatic N) is 1. The summed E-state index contributed by atoms with van der Waals surface area (Å²) in [5.74, 6) is 0.217. The van der Waals surface area contributed by atoms with E-state index in [0.717, 1.165) is 5.56 Å². The number of carbonyl (C=O) groups excluding carboxylic acids is 2. The average Bonchev–Trinajstić information content (AvgIpc) is 3.16. The second kappa shape index (κ2) is 10.8. The molecule has 0 aliphatic carbocycles. The van der Waals surface area contributed by atoms with E-state index < -0.39 is 17.7 Å². The number of anilines is 1. The molecule has 1 amide bonds. The third kappa shape index (κ3) is 4.89. The van der Waals surface area contributed by atoms with Crippen LogP contribution in [0.2, 0.25) is 0 Å². The number of ether oxygens (including phenoxy) is 3. The number of ketones is 1. The second-order valence-electron chi connectivity index (χ2n) is 8.74. The van der Waals surface area contributed by atoms with Gasteiger partial charge < -0.3 is 19.3 Å². The predicted octanol–water partition coefficient (Wildman–Crippen LogP) is 5.74. The highest BCUT2D eigenvalue weighted by molar-refractivity contribution is 6.51. The van der Waals surface area contributed by atoms with Gasteiger partial charge >= 0.3 is 0 Å². The number of aliphatic hydroxyl groups excluding tert-OH is 1. The smallest absolute Gasteiger partial charge is 0.300 e. The van der Waals surface area contributed by atoms with Crippen molar-refractivity contribution in [3.05, 3.63) is 88.5 Å². The van der Waals surface area contributed by atoms with Crippen molar-refractivity contribution in [2.45, 2.75) is 33.7 Å². The van der Waals surface area contributed by atoms with Crippen LogP contribution >= 0.6 is 0 Å². The van der Waals surface area contributed by atoms with Crippen LogP contribution in [0, 0.1) is 13.8 Å². The first kappa shape index (κ1) is 25.8. The number of amides is 1. The molecule has 1 fully saturated rings. The van der Waals surface area contributed by atoms with Gasteiger partial charge in [-0.2, -0.15) is 0 Å². The van der Waals surface area contributed by atoms with Crippen molar-refractivity contribution < 1.29 is 28.9 Å². The lowest BCUT2D eigenvalue weighted by Gasteiger charge is -2.26. The third-order valence-electron chi connectivity index (χ3n) is 6.35. The van der Waals surface area contributed by atoms with E-state index in [1.165, 1.54) is 4.90 Å². The summed E-state index contributed by atoms with van der Waals surface area (Å²) in [6.07, 6.45) is 0. The van der Waals surface area contributed by atoms with Crippen molar-refractivity contribution in [1.82, 2.24) is 0 Å².